The number of carbonyl (C=O) groups is 2. The summed E-state index contributed by atoms with van der Waals surface area (Å²) in [6.45, 7) is -0.140. The summed E-state index contributed by atoms with van der Waals surface area (Å²) < 4.78 is 5.79. The summed E-state index contributed by atoms with van der Waals surface area (Å²) in [7, 11) is 0. The van der Waals surface area contributed by atoms with E-state index in [0.717, 1.165) is 4.47 Å². The Balaban J connectivity index is 1.93. The van der Waals surface area contributed by atoms with Crippen LogP contribution in [0.15, 0.2) is 53.0 Å². The second-order valence-electron chi connectivity index (χ2n) is 4.80. The normalized spacial score (nSPS) is 10.1. The largest absolute Gasteiger partial charge is 0.452 e. The molecule has 0 unspecified atom stereocenters. The number of hydrogen-bond donors (Lipinski definition) is 3. The smallest absolute Gasteiger partial charge is 0.340 e. The molecule has 2 rings (SSSR count). The van der Waals surface area contributed by atoms with E-state index in [2.05, 4.69) is 26.6 Å². The van der Waals surface area contributed by atoms with Crippen LogP contribution in [0.2, 0.25) is 0 Å². The summed E-state index contributed by atoms with van der Waals surface area (Å²) in [5.74, 6) is -1.05. The number of rotatable bonds is 7. The van der Waals surface area contributed by atoms with Crippen molar-refractivity contribution >= 4 is 39.2 Å². The third-order valence-corrected chi connectivity index (χ3v) is 3.75. The minimum absolute atomic E-state index is 0.0578. The summed E-state index contributed by atoms with van der Waals surface area (Å²) in [4.78, 5) is 24.0. The molecule has 0 bridgehead atoms. The Morgan fingerprint density at radius 2 is 1.71 bits per heavy atom. The zero-order valence-corrected chi connectivity index (χ0v) is 14.4. The number of ether oxygens (including phenoxy) is 1. The van der Waals surface area contributed by atoms with Crippen LogP contribution in [0, 0.1) is 0 Å². The van der Waals surface area contributed by atoms with E-state index in [0.29, 0.717) is 23.5 Å². The van der Waals surface area contributed by atoms with Crippen LogP contribution in [-0.2, 0) is 9.53 Å². The van der Waals surface area contributed by atoms with Crippen molar-refractivity contribution in [2.75, 3.05) is 30.4 Å². The average molecular weight is 393 g/mol. The highest BCUT2D eigenvalue weighted by atomic mass is 79.9. The van der Waals surface area contributed by atoms with Crippen molar-refractivity contribution in [3.8, 4) is 0 Å². The van der Waals surface area contributed by atoms with Crippen LogP contribution in [0.25, 0.3) is 0 Å². The Hall–Kier alpha value is -2.38. The molecule has 0 saturated heterocycles. The van der Waals surface area contributed by atoms with Gasteiger partial charge in [-0.15, -0.1) is 0 Å². The molecular weight excluding hydrogens is 376 g/mol. The average Bonchev–Trinajstić information content (AvgIpc) is 2.60. The lowest BCUT2D eigenvalue weighted by atomic mass is 10.2. The van der Waals surface area contributed by atoms with Crippen LogP contribution in [-0.4, -0.2) is 36.7 Å². The number of para-hydroxylation sites is 2. The molecule has 2 aromatic carbocycles. The van der Waals surface area contributed by atoms with Gasteiger partial charge in [0, 0.05) is 16.7 Å². The Morgan fingerprint density at radius 3 is 2.42 bits per heavy atom. The maximum Gasteiger partial charge on any atom is 0.340 e. The molecule has 0 atom stereocenters. The molecule has 0 aliphatic carbocycles. The SMILES string of the molecule is O=C(COC(=O)c1ccccc1NCCO)Nc1ccccc1Br. The first kappa shape index (κ1) is 18.0. The minimum atomic E-state index is -0.613. The number of nitrogens with one attached hydrogen (secondary N) is 2. The highest BCUT2D eigenvalue weighted by Crippen LogP contribution is 2.21. The number of hydrogen-bond acceptors (Lipinski definition) is 5. The minimum Gasteiger partial charge on any atom is -0.452 e. The summed E-state index contributed by atoms with van der Waals surface area (Å²) in [5, 5.41) is 14.4. The molecule has 0 saturated carbocycles. The van der Waals surface area contributed by atoms with Gasteiger partial charge in [0.2, 0.25) is 0 Å². The maximum absolute atomic E-state index is 12.1. The summed E-state index contributed by atoms with van der Waals surface area (Å²) in [6, 6.07) is 13.9. The van der Waals surface area contributed by atoms with Gasteiger partial charge in [-0.25, -0.2) is 4.79 Å². The molecule has 2 aromatic rings. The summed E-state index contributed by atoms with van der Waals surface area (Å²) in [6.07, 6.45) is 0. The number of benzene rings is 2. The van der Waals surface area contributed by atoms with Gasteiger partial charge in [0.05, 0.1) is 17.9 Å². The fourth-order valence-corrected chi connectivity index (χ4v) is 2.35. The standard InChI is InChI=1S/C17H17BrN2O4/c18-13-6-2-4-8-15(13)20-16(22)11-24-17(23)12-5-1-3-7-14(12)19-9-10-21/h1-8,19,21H,9-11H2,(H,20,22). The molecule has 0 spiro atoms. The molecule has 0 aromatic heterocycles. The molecule has 7 heteroatoms. The van der Waals surface area contributed by atoms with Crippen LogP contribution in [0.3, 0.4) is 0 Å². The topological polar surface area (TPSA) is 87.7 Å². The van der Waals surface area contributed by atoms with Gasteiger partial charge >= 0.3 is 5.97 Å². The number of anilines is 2. The van der Waals surface area contributed by atoms with Crippen molar-refractivity contribution in [1.82, 2.24) is 0 Å². The van der Waals surface area contributed by atoms with Crippen molar-refractivity contribution in [3.05, 3.63) is 58.6 Å². The van der Waals surface area contributed by atoms with E-state index in [4.69, 9.17) is 9.84 Å². The fourth-order valence-electron chi connectivity index (χ4n) is 1.96. The molecule has 0 fully saturated rings. The van der Waals surface area contributed by atoms with Gasteiger partial charge in [0.15, 0.2) is 6.61 Å². The van der Waals surface area contributed by atoms with Gasteiger partial charge in [0.1, 0.15) is 0 Å². The van der Waals surface area contributed by atoms with E-state index in [1.54, 1.807) is 42.5 Å². The monoisotopic (exact) mass is 392 g/mol. The molecule has 3 N–H and O–H groups in total. The van der Waals surface area contributed by atoms with Gasteiger partial charge in [-0.3, -0.25) is 4.79 Å². The molecule has 0 aliphatic rings. The van der Waals surface area contributed by atoms with Crippen LogP contribution in [0.1, 0.15) is 10.4 Å². The maximum atomic E-state index is 12.1. The number of aliphatic hydroxyl groups is 1. The Morgan fingerprint density at radius 1 is 1.04 bits per heavy atom. The molecule has 1 amide bonds. The fraction of sp³-hybridized carbons (Fsp3) is 0.176. The molecule has 0 radical (unpaired) electrons. The van der Waals surface area contributed by atoms with Crippen LogP contribution < -0.4 is 10.6 Å². The van der Waals surface area contributed by atoms with Gasteiger partial charge in [0.25, 0.3) is 5.91 Å². The van der Waals surface area contributed by atoms with Gasteiger partial charge in [-0.1, -0.05) is 24.3 Å². The Bertz CT molecular complexity index is 721. The van der Waals surface area contributed by atoms with Gasteiger partial charge in [-0.2, -0.15) is 0 Å². The third-order valence-electron chi connectivity index (χ3n) is 3.06. The number of esters is 1. The lowest BCUT2D eigenvalue weighted by molar-refractivity contribution is -0.119. The number of aliphatic hydroxyl groups excluding tert-OH is 1. The predicted octanol–water partition coefficient (Wildman–Crippen LogP) is 2.65. The molecule has 126 valence electrons. The molecular formula is C17H17BrN2O4. The van der Waals surface area contributed by atoms with Crippen LogP contribution in [0.5, 0.6) is 0 Å². The Kier molecular flexibility index (Phi) is 6.77. The van der Waals surface area contributed by atoms with Crippen molar-refractivity contribution in [1.29, 1.82) is 0 Å². The van der Waals surface area contributed by atoms with E-state index < -0.39 is 18.5 Å². The predicted molar refractivity (Wildman–Crippen MR) is 95.1 cm³/mol. The molecule has 24 heavy (non-hydrogen) atoms. The van der Waals surface area contributed by atoms with Gasteiger partial charge in [-0.05, 0) is 40.2 Å². The first-order valence-electron chi connectivity index (χ1n) is 7.27. The van der Waals surface area contributed by atoms with E-state index in [-0.39, 0.29) is 6.61 Å². The number of carbonyl (C=O) groups excluding carboxylic acids is 2. The number of amides is 1. The summed E-state index contributed by atoms with van der Waals surface area (Å²) in [5.41, 5.74) is 1.45. The van der Waals surface area contributed by atoms with Crippen molar-refractivity contribution < 1.29 is 19.4 Å². The Labute approximate surface area is 148 Å². The van der Waals surface area contributed by atoms with Crippen LogP contribution in [0.4, 0.5) is 11.4 Å². The first-order chi connectivity index (χ1) is 11.6. The zero-order chi connectivity index (χ0) is 17.4. The quantitative estimate of drug-likeness (QED) is 0.630. The van der Waals surface area contributed by atoms with Crippen molar-refractivity contribution in [2.45, 2.75) is 0 Å². The highest BCUT2D eigenvalue weighted by molar-refractivity contribution is 9.10. The lowest BCUT2D eigenvalue weighted by Crippen LogP contribution is -2.21. The molecule has 6 nitrogen and oxygen atoms in total. The summed E-state index contributed by atoms with van der Waals surface area (Å²) >= 11 is 3.32. The molecule has 0 heterocycles. The van der Waals surface area contributed by atoms with Crippen molar-refractivity contribution in [2.24, 2.45) is 0 Å². The van der Waals surface area contributed by atoms with Crippen molar-refractivity contribution in [3.63, 3.8) is 0 Å². The first-order valence-corrected chi connectivity index (χ1v) is 8.06. The highest BCUT2D eigenvalue weighted by Gasteiger charge is 2.14. The van der Waals surface area contributed by atoms with E-state index in [1.807, 2.05) is 6.07 Å². The molecule has 0 aliphatic heterocycles. The van der Waals surface area contributed by atoms with E-state index in [1.165, 1.54) is 0 Å². The van der Waals surface area contributed by atoms with E-state index in [9.17, 15) is 9.59 Å². The van der Waals surface area contributed by atoms with Gasteiger partial charge < -0.3 is 20.5 Å². The van der Waals surface area contributed by atoms with E-state index >= 15 is 0 Å². The number of halogens is 1. The third kappa shape index (κ3) is 5.07. The van der Waals surface area contributed by atoms with Crippen LogP contribution >= 0.6 is 15.9 Å². The zero-order valence-electron chi connectivity index (χ0n) is 12.8. The second-order valence-corrected chi connectivity index (χ2v) is 5.65. The lowest BCUT2D eigenvalue weighted by Gasteiger charge is -2.11. The second kappa shape index (κ2) is 9.05.